The molecule has 0 fully saturated rings. The van der Waals surface area contributed by atoms with Gasteiger partial charge in [0.15, 0.2) is 11.4 Å². The maximum Gasteiger partial charge on any atom is 0.352 e. The highest BCUT2D eigenvalue weighted by Gasteiger charge is 2.48. The maximum absolute atomic E-state index is 14.4. The van der Waals surface area contributed by atoms with Crippen LogP contribution in [0.15, 0.2) is 39.5 Å². The molecule has 34 heavy (non-hydrogen) atoms. The summed E-state index contributed by atoms with van der Waals surface area (Å²) in [7, 11) is 0. The second-order valence-corrected chi connectivity index (χ2v) is 8.07. The predicted molar refractivity (Wildman–Crippen MR) is 119 cm³/mol. The van der Waals surface area contributed by atoms with E-state index in [9.17, 15) is 22.4 Å². The van der Waals surface area contributed by atoms with Crippen LogP contribution in [0.4, 0.5) is 23.2 Å². The Balaban J connectivity index is 2.17. The fraction of sp³-hybridized carbons (Fsp3) is 0.391. The molecule has 1 aromatic carbocycles. The Morgan fingerprint density at radius 2 is 1.94 bits per heavy atom. The highest BCUT2D eigenvalue weighted by Crippen LogP contribution is 2.40. The average molecular weight is 477 g/mol. The number of nitrogens with one attached hydrogen (secondary N) is 1. The van der Waals surface area contributed by atoms with Gasteiger partial charge in [0.1, 0.15) is 5.75 Å². The number of ether oxygens (including phenoxy) is 1. The zero-order valence-electron chi connectivity index (χ0n) is 19.2. The van der Waals surface area contributed by atoms with E-state index in [1.165, 1.54) is 13.0 Å². The minimum atomic E-state index is -4.73. The lowest BCUT2D eigenvalue weighted by molar-refractivity contribution is -0.139. The van der Waals surface area contributed by atoms with Gasteiger partial charge in [-0.1, -0.05) is 11.6 Å². The normalized spacial score (nSPS) is 16.3. The van der Waals surface area contributed by atoms with Gasteiger partial charge in [-0.25, -0.2) is 18.6 Å². The minimum Gasteiger partial charge on any atom is -0.450 e. The number of halogens is 4. The van der Waals surface area contributed by atoms with Gasteiger partial charge in [0.05, 0.1) is 31.3 Å². The number of benzene rings is 1. The molecule has 0 bridgehead atoms. The summed E-state index contributed by atoms with van der Waals surface area (Å²) in [4.78, 5) is 24.5. The van der Waals surface area contributed by atoms with Gasteiger partial charge < -0.3 is 10.1 Å². The Labute approximate surface area is 193 Å². The van der Waals surface area contributed by atoms with Gasteiger partial charge in [-0.2, -0.15) is 8.78 Å². The lowest BCUT2D eigenvalue weighted by Gasteiger charge is -2.25. The summed E-state index contributed by atoms with van der Waals surface area (Å²) in [5.74, 6) is -5.14. The molecule has 1 N–H and O–H groups in total. The van der Waals surface area contributed by atoms with Crippen molar-refractivity contribution in [1.29, 1.82) is 0 Å². The average Bonchev–Trinajstić information content (AvgIpc) is 2.74. The third-order valence-electron chi connectivity index (χ3n) is 5.48. The van der Waals surface area contributed by atoms with E-state index >= 15 is 0 Å². The molecular formula is C23H23F4N5O2. The number of nitrogens with zero attached hydrogens (tertiary/aromatic N) is 4. The third kappa shape index (κ3) is 4.66. The Kier molecular flexibility index (Phi) is 6.82. The number of amidine groups is 1. The predicted octanol–water partition coefficient (Wildman–Crippen LogP) is 5.24. The van der Waals surface area contributed by atoms with Crippen molar-refractivity contribution in [3.8, 4) is 11.5 Å². The van der Waals surface area contributed by atoms with E-state index in [0.717, 1.165) is 16.6 Å². The fourth-order valence-electron chi connectivity index (χ4n) is 3.65. The van der Waals surface area contributed by atoms with Crippen LogP contribution in [0, 0.1) is 20.4 Å². The lowest BCUT2D eigenvalue weighted by Crippen LogP contribution is -2.34. The molecular weight excluding hydrogens is 454 g/mol. The van der Waals surface area contributed by atoms with Gasteiger partial charge in [0, 0.05) is 5.70 Å². The molecule has 0 saturated carbocycles. The van der Waals surface area contributed by atoms with Crippen molar-refractivity contribution >= 4 is 11.5 Å². The largest absolute Gasteiger partial charge is 0.450 e. The van der Waals surface area contributed by atoms with Crippen LogP contribution in [0.25, 0.3) is 4.85 Å². The first-order chi connectivity index (χ1) is 15.9. The second-order valence-electron chi connectivity index (χ2n) is 8.07. The van der Waals surface area contributed by atoms with Crippen molar-refractivity contribution in [3.05, 3.63) is 68.3 Å². The molecule has 0 saturated heterocycles. The van der Waals surface area contributed by atoms with E-state index in [4.69, 9.17) is 11.3 Å². The van der Waals surface area contributed by atoms with Crippen LogP contribution >= 0.6 is 0 Å². The van der Waals surface area contributed by atoms with Crippen molar-refractivity contribution in [3.63, 3.8) is 0 Å². The van der Waals surface area contributed by atoms with Crippen molar-refractivity contribution in [2.75, 3.05) is 0 Å². The number of aryl methyl sites for hydroxylation is 1. The molecule has 7 nitrogen and oxygen atoms in total. The first-order valence-electron chi connectivity index (χ1n) is 10.3. The fourth-order valence-corrected chi connectivity index (χ4v) is 3.65. The summed E-state index contributed by atoms with van der Waals surface area (Å²) >= 11 is 0. The first kappa shape index (κ1) is 25.0. The van der Waals surface area contributed by atoms with Crippen LogP contribution in [0.3, 0.4) is 0 Å². The van der Waals surface area contributed by atoms with Crippen LogP contribution in [0.5, 0.6) is 11.5 Å². The third-order valence-corrected chi connectivity index (χ3v) is 5.48. The second kappa shape index (κ2) is 9.29. The van der Waals surface area contributed by atoms with Gasteiger partial charge >= 0.3 is 12.3 Å². The minimum absolute atomic E-state index is 0.0698. The Morgan fingerprint density at radius 3 is 2.53 bits per heavy atom. The van der Waals surface area contributed by atoms with E-state index in [-0.39, 0.29) is 29.6 Å². The highest BCUT2D eigenvalue weighted by molar-refractivity contribution is 5.82. The molecule has 1 unspecified atom stereocenters. The Morgan fingerprint density at radius 1 is 1.26 bits per heavy atom. The molecule has 3 rings (SSSR count). The molecule has 0 spiro atoms. The van der Waals surface area contributed by atoms with E-state index in [1.807, 2.05) is 0 Å². The van der Waals surface area contributed by atoms with Crippen LogP contribution in [-0.2, 0) is 12.5 Å². The Hall–Kier alpha value is -3.68. The van der Waals surface area contributed by atoms with E-state index in [2.05, 4.69) is 20.1 Å². The first-order valence-corrected chi connectivity index (χ1v) is 10.3. The SMILES string of the molecule is [C-]#[N+]c1cc(C)cc(Oc2c(C(F)(F)C(F)F)ncn(CC3=C(C)NC(C)=NC3C)c2=O)c1C. The zero-order chi connectivity index (χ0) is 25.4. The highest BCUT2D eigenvalue weighted by atomic mass is 19.3. The summed E-state index contributed by atoms with van der Waals surface area (Å²) < 4.78 is 61.7. The number of alkyl halides is 4. The molecule has 1 aromatic heterocycles. The number of aromatic nitrogens is 2. The molecule has 0 aliphatic carbocycles. The van der Waals surface area contributed by atoms with E-state index < -0.39 is 29.4 Å². The molecule has 0 radical (unpaired) electrons. The van der Waals surface area contributed by atoms with Crippen LogP contribution in [-0.4, -0.2) is 27.9 Å². The topological polar surface area (TPSA) is 72.9 Å². The van der Waals surface area contributed by atoms with Crippen molar-refractivity contribution in [1.82, 2.24) is 14.9 Å². The quantitative estimate of drug-likeness (QED) is 0.456. The molecule has 2 aromatic rings. The summed E-state index contributed by atoms with van der Waals surface area (Å²) in [5, 5.41) is 3.05. The molecule has 1 atom stereocenters. The van der Waals surface area contributed by atoms with Gasteiger partial charge in [0.25, 0.3) is 5.56 Å². The summed E-state index contributed by atoms with van der Waals surface area (Å²) in [5.41, 5.74) is -0.0945. The van der Waals surface area contributed by atoms with Gasteiger partial charge in [-0.05, 0) is 51.8 Å². The molecule has 11 heteroatoms. The van der Waals surface area contributed by atoms with E-state index in [0.29, 0.717) is 17.0 Å². The Bertz CT molecular complexity index is 1290. The monoisotopic (exact) mass is 477 g/mol. The number of allylic oxidation sites excluding steroid dienone is 1. The number of hydrogen-bond acceptors (Lipinski definition) is 5. The summed E-state index contributed by atoms with van der Waals surface area (Å²) in [6.07, 6.45) is -3.31. The smallest absolute Gasteiger partial charge is 0.352 e. The van der Waals surface area contributed by atoms with Crippen molar-refractivity contribution in [2.45, 2.75) is 59.6 Å². The zero-order valence-corrected chi connectivity index (χ0v) is 19.2. The standard InChI is InChI=1S/C23H23F4N5O2/c1-11-7-17(28-6)12(2)18(8-11)34-19-20(23(26,27)22(24)25)29-10-32(21(19)33)9-16-13(3)30-15(5)31-14(16)4/h7-8,10,13,22H,9H2,1-5H3,(H,30,31). The lowest BCUT2D eigenvalue weighted by atomic mass is 10.1. The van der Waals surface area contributed by atoms with Crippen molar-refractivity contribution in [2.24, 2.45) is 4.99 Å². The number of aliphatic imine (C=N–C) groups is 1. The maximum atomic E-state index is 14.4. The van der Waals surface area contributed by atoms with Crippen molar-refractivity contribution < 1.29 is 22.3 Å². The van der Waals surface area contributed by atoms with Gasteiger partial charge in [0.2, 0.25) is 5.75 Å². The summed E-state index contributed by atoms with van der Waals surface area (Å²) in [6, 6.07) is 2.68. The van der Waals surface area contributed by atoms with Crippen LogP contribution in [0.2, 0.25) is 0 Å². The van der Waals surface area contributed by atoms with Gasteiger partial charge in [-0.3, -0.25) is 14.4 Å². The van der Waals surface area contributed by atoms with Gasteiger partial charge in [-0.15, -0.1) is 0 Å². The number of hydrogen-bond donors (Lipinski definition) is 1. The molecule has 2 heterocycles. The van der Waals surface area contributed by atoms with Crippen LogP contribution in [0.1, 0.15) is 37.6 Å². The van der Waals surface area contributed by atoms with Crippen LogP contribution < -0.4 is 15.6 Å². The molecule has 180 valence electrons. The molecule has 1 aliphatic heterocycles. The summed E-state index contributed by atoms with van der Waals surface area (Å²) in [6.45, 7) is 15.7. The molecule has 1 aliphatic rings. The molecule has 0 amide bonds. The van der Waals surface area contributed by atoms with E-state index in [1.54, 1.807) is 33.8 Å². The number of rotatable bonds is 6.